The zero-order chi connectivity index (χ0) is 22.1. The van der Waals surface area contributed by atoms with Gasteiger partial charge in [-0.3, -0.25) is 0 Å². The molecular formula is C20H25F3N4O2S. The van der Waals surface area contributed by atoms with Crippen molar-refractivity contribution in [3.63, 3.8) is 0 Å². The van der Waals surface area contributed by atoms with Crippen LogP contribution in [0.2, 0.25) is 0 Å². The fourth-order valence-electron chi connectivity index (χ4n) is 3.67. The van der Waals surface area contributed by atoms with E-state index in [0.29, 0.717) is 49.8 Å². The molecule has 0 radical (unpaired) electrons. The van der Waals surface area contributed by atoms with Crippen LogP contribution in [0, 0.1) is 6.92 Å². The fraction of sp³-hybridized carbons (Fsp3) is 0.500. The van der Waals surface area contributed by atoms with E-state index in [4.69, 9.17) is 0 Å². The predicted molar refractivity (Wildman–Crippen MR) is 109 cm³/mol. The van der Waals surface area contributed by atoms with E-state index in [2.05, 4.69) is 9.97 Å². The van der Waals surface area contributed by atoms with Gasteiger partial charge in [0.1, 0.15) is 11.6 Å². The Morgan fingerprint density at radius 3 is 2.33 bits per heavy atom. The molecule has 3 rings (SSSR count). The Hall–Kier alpha value is -2.20. The van der Waals surface area contributed by atoms with Crippen molar-refractivity contribution in [1.29, 1.82) is 0 Å². The number of rotatable bonds is 5. The van der Waals surface area contributed by atoms with Crippen LogP contribution in [0.15, 0.2) is 24.3 Å². The summed E-state index contributed by atoms with van der Waals surface area (Å²) < 4.78 is 64.4. The van der Waals surface area contributed by atoms with Crippen molar-refractivity contribution in [3.8, 4) is 0 Å². The Bertz CT molecular complexity index is 1020. The van der Waals surface area contributed by atoms with E-state index in [1.807, 2.05) is 11.8 Å². The summed E-state index contributed by atoms with van der Waals surface area (Å²) in [7, 11) is -3.26. The molecule has 1 aliphatic heterocycles. The summed E-state index contributed by atoms with van der Waals surface area (Å²) in [6.07, 6.45) is -2.33. The first-order valence-electron chi connectivity index (χ1n) is 9.71. The monoisotopic (exact) mass is 442 g/mol. The summed E-state index contributed by atoms with van der Waals surface area (Å²) in [6, 6.07) is 5.29. The van der Waals surface area contributed by atoms with Crippen molar-refractivity contribution < 1.29 is 21.6 Å². The molecule has 1 aromatic heterocycles. The third-order valence-electron chi connectivity index (χ3n) is 5.16. The smallest absolute Gasteiger partial charge is 0.354 e. The zero-order valence-corrected chi connectivity index (χ0v) is 18.0. The van der Waals surface area contributed by atoms with Gasteiger partial charge >= 0.3 is 6.18 Å². The molecule has 6 nitrogen and oxygen atoms in total. The van der Waals surface area contributed by atoms with Gasteiger partial charge in [0, 0.05) is 43.9 Å². The predicted octanol–water partition coefficient (Wildman–Crippen LogP) is 3.04. The number of hydrogen-bond donors (Lipinski definition) is 0. The molecule has 30 heavy (non-hydrogen) atoms. The van der Waals surface area contributed by atoms with Gasteiger partial charge in [-0.05, 0) is 25.0 Å². The lowest BCUT2D eigenvalue weighted by atomic mass is 10.00. The molecule has 0 aliphatic carbocycles. The molecule has 0 bridgehead atoms. The highest BCUT2D eigenvalue weighted by Gasteiger charge is 2.31. The second-order valence-electron chi connectivity index (χ2n) is 7.40. The quantitative estimate of drug-likeness (QED) is 0.712. The van der Waals surface area contributed by atoms with Crippen molar-refractivity contribution in [2.75, 3.05) is 37.3 Å². The first kappa shape index (κ1) is 22.5. The molecule has 0 N–H and O–H groups in total. The van der Waals surface area contributed by atoms with Gasteiger partial charge in [-0.2, -0.15) is 17.5 Å². The molecule has 0 atom stereocenters. The van der Waals surface area contributed by atoms with Crippen molar-refractivity contribution in [1.82, 2.24) is 14.3 Å². The van der Waals surface area contributed by atoms with Gasteiger partial charge in [-0.1, -0.05) is 25.1 Å². The molecule has 2 heterocycles. The third-order valence-corrected chi connectivity index (χ3v) is 6.46. The van der Waals surface area contributed by atoms with E-state index >= 15 is 0 Å². The van der Waals surface area contributed by atoms with Crippen LogP contribution in [0.1, 0.15) is 35.1 Å². The molecule has 10 heteroatoms. The van der Waals surface area contributed by atoms with E-state index in [1.165, 1.54) is 16.6 Å². The summed E-state index contributed by atoms with van der Waals surface area (Å²) in [5.74, 6) is 1.25. The minimum absolute atomic E-state index is 0.273. The molecule has 1 fully saturated rings. The van der Waals surface area contributed by atoms with Crippen LogP contribution in [-0.2, 0) is 29.0 Å². The Morgan fingerprint density at radius 2 is 1.77 bits per heavy atom. The van der Waals surface area contributed by atoms with Crippen LogP contribution in [0.25, 0.3) is 0 Å². The SMILES string of the molecule is CCc1nc(C)nc(N2CCN(S(C)(=O)=O)CC2)c1Cc1cccc(C(F)(F)F)c1. The Balaban J connectivity index is 1.95. The highest BCUT2D eigenvalue weighted by molar-refractivity contribution is 7.88. The Labute approximate surface area is 174 Å². The summed E-state index contributed by atoms with van der Waals surface area (Å²) in [6.45, 7) is 5.33. The van der Waals surface area contributed by atoms with Crippen LogP contribution in [0.3, 0.4) is 0 Å². The van der Waals surface area contributed by atoms with E-state index in [9.17, 15) is 21.6 Å². The normalized spacial score (nSPS) is 16.1. The molecule has 0 amide bonds. The number of hydrogen-bond acceptors (Lipinski definition) is 5. The van der Waals surface area contributed by atoms with E-state index in [0.717, 1.165) is 23.4 Å². The van der Waals surface area contributed by atoms with Crippen LogP contribution in [0.5, 0.6) is 0 Å². The van der Waals surface area contributed by atoms with Gasteiger partial charge in [0.2, 0.25) is 10.0 Å². The molecule has 1 aromatic carbocycles. The maximum atomic E-state index is 13.1. The van der Waals surface area contributed by atoms with Gasteiger partial charge in [-0.15, -0.1) is 0 Å². The van der Waals surface area contributed by atoms with Gasteiger partial charge in [0.15, 0.2) is 0 Å². The maximum Gasteiger partial charge on any atom is 0.416 e. The molecule has 0 saturated carbocycles. The lowest BCUT2D eigenvalue weighted by Gasteiger charge is -2.35. The lowest BCUT2D eigenvalue weighted by molar-refractivity contribution is -0.137. The van der Waals surface area contributed by atoms with Crippen LogP contribution in [0.4, 0.5) is 19.0 Å². The standard InChI is InChI=1S/C20H25F3N4O2S/c1-4-18-17(13-15-6-5-7-16(12-15)20(21,22)23)19(25-14(2)24-18)26-8-10-27(11-9-26)30(3,28)29/h5-7,12H,4,8-11,13H2,1-3H3. The molecule has 2 aromatic rings. The van der Waals surface area contributed by atoms with E-state index in [1.54, 1.807) is 13.0 Å². The molecular weight excluding hydrogens is 417 g/mol. The van der Waals surface area contributed by atoms with E-state index in [-0.39, 0.29) is 6.42 Å². The number of alkyl halides is 3. The van der Waals surface area contributed by atoms with Crippen molar-refractivity contribution in [2.24, 2.45) is 0 Å². The van der Waals surface area contributed by atoms with Crippen molar-refractivity contribution >= 4 is 15.8 Å². The van der Waals surface area contributed by atoms with Crippen molar-refractivity contribution in [2.45, 2.75) is 32.9 Å². The number of piperazine rings is 1. The fourth-order valence-corrected chi connectivity index (χ4v) is 4.49. The summed E-state index contributed by atoms with van der Waals surface area (Å²) in [5.41, 5.74) is 1.42. The largest absolute Gasteiger partial charge is 0.416 e. The number of aryl methyl sites for hydroxylation is 2. The van der Waals surface area contributed by atoms with E-state index < -0.39 is 21.8 Å². The van der Waals surface area contributed by atoms with Gasteiger partial charge in [0.25, 0.3) is 0 Å². The van der Waals surface area contributed by atoms with Crippen molar-refractivity contribution in [3.05, 3.63) is 52.5 Å². The average Bonchev–Trinajstić information content (AvgIpc) is 2.68. The second-order valence-corrected chi connectivity index (χ2v) is 9.38. The number of anilines is 1. The first-order valence-corrected chi connectivity index (χ1v) is 11.6. The molecule has 1 saturated heterocycles. The van der Waals surface area contributed by atoms with Crippen LogP contribution >= 0.6 is 0 Å². The summed E-state index contributed by atoms with van der Waals surface area (Å²) >= 11 is 0. The molecule has 0 spiro atoms. The molecule has 164 valence electrons. The maximum absolute atomic E-state index is 13.1. The molecule has 1 aliphatic rings. The first-order chi connectivity index (χ1) is 14.0. The third kappa shape index (κ3) is 5.10. The topological polar surface area (TPSA) is 66.4 Å². The average molecular weight is 443 g/mol. The molecule has 0 unspecified atom stereocenters. The summed E-state index contributed by atoms with van der Waals surface area (Å²) in [4.78, 5) is 11.1. The number of sulfonamides is 1. The Morgan fingerprint density at radius 1 is 1.10 bits per heavy atom. The zero-order valence-electron chi connectivity index (χ0n) is 17.2. The highest BCUT2D eigenvalue weighted by Crippen LogP contribution is 2.31. The number of nitrogens with zero attached hydrogens (tertiary/aromatic N) is 4. The van der Waals surface area contributed by atoms with Gasteiger partial charge < -0.3 is 4.90 Å². The van der Waals surface area contributed by atoms with Gasteiger partial charge in [0.05, 0.1) is 11.8 Å². The van der Waals surface area contributed by atoms with Crippen LogP contribution < -0.4 is 4.90 Å². The van der Waals surface area contributed by atoms with Gasteiger partial charge in [-0.25, -0.2) is 18.4 Å². The number of aromatic nitrogens is 2. The highest BCUT2D eigenvalue weighted by atomic mass is 32.2. The lowest BCUT2D eigenvalue weighted by Crippen LogP contribution is -2.49. The number of benzene rings is 1. The second kappa shape index (κ2) is 8.50. The minimum Gasteiger partial charge on any atom is -0.354 e. The van der Waals surface area contributed by atoms with Crippen LogP contribution in [-0.4, -0.2) is 55.1 Å². The summed E-state index contributed by atoms with van der Waals surface area (Å²) in [5, 5.41) is 0. The number of halogens is 3. The Kier molecular flexibility index (Phi) is 6.37. The minimum atomic E-state index is -4.40.